The highest BCUT2D eigenvalue weighted by molar-refractivity contribution is 6.27. The van der Waals surface area contributed by atoms with Crippen LogP contribution in [0.15, 0.2) is 54.9 Å². The van der Waals surface area contributed by atoms with Crippen molar-refractivity contribution >= 4 is 22.6 Å². The van der Waals surface area contributed by atoms with E-state index in [1.807, 2.05) is 48.7 Å². The van der Waals surface area contributed by atoms with Gasteiger partial charge >= 0.3 is 0 Å². The molecular formula is C25H26N2O2. The van der Waals surface area contributed by atoms with Crippen molar-refractivity contribution in [2.75, 3.05) is 0 Å². The number of rotatable bonds is 7. The lowest BCUT2D eigenvalue weighted by atomic mass is 9.88. The highest BCUT2D eigenvalue weighted by atomic mass is 16.2. The Hall–Kier alpha value is -3.01. The number of unbranched alkanes of at least 4 members (excludes halogenated alkanes) is 2. The monoisotopic (exact) mass is 386 g/mol. The van der Waals surface area contributed by atoms with E-state index in [9.17, 15) is 9.59 Å². The molecule has 148 valence electrons. The fourth-order valence-electron chi connectivity index (χ4n) is 4.37. The first-order valence-corrected chi connectivity index (χ1v) is 10.5. The fourth-order valence-corrected chi connectivity index (χ4v) is 4.37. The smallest absolute Gasteiger partial charge is 0.261 e. The number of amides is 2. The normalized spacial score (nSPS) is 14.5. The topological polar surface area (TPSA) is 50.3 Å². The van der Waals surface area contributed by atoms with Gasteiger partial charge in [0.05, 0.1) is 0 Å². The molecule has 2 aromatic carbocycles. The average Bonchev–Trinajstić information content (AvgIpc) is 2.76. The van der Waals surface area contributed by atoms with Crippen LogP contribution >= 0.6 is 0 Å². The summed E-state index contributed by atoms with van der Waals surface area (Å²) >= 11 is 0. The Morgan fingerprint density at radius 2 is 1.66 bits per heavy atom. The average molecular weight is 386 g/mol. The van der Waals surface area contributed by atoms with Crippen LogP contribution < -0.4 is 0 Å². The number of pyridine rings is 1. The fraction of sp³-hybridized carbons (Fsp3) is 0.320. The third kappa shape index (κ3) is 3.33. The van der Waals surface area contributed by atoms with Gasteiger partial charge in [0, 0.05) is 40.5 Å². The van der Waals surface area contributed by atoms with Gasteiger partial charge in [0.1, 0.15) is 0 Å². The van der Waals surface area contributed by atoms with Gasteiger partial charge in [-0.15, -0.1) is 0 Å². The van der Waals surface area contributed by atoms with Crippen molar-refractivity contribution in [3.63, 3.8) is 0 Å². The molecule has 2 heterocycles. The van der Waals surface area contributed by atoms with Crippen molar-refractivity contribution in [3.05, 3.63) is 66.0 Å². The van der Waals surface area contributed by atoms with E-state index in [-0.39, 0.29) is 17.9 Å². The summed E-state index contributed by atoms with van der Waals surface area (Å²) in [7, 11) is 0. The van der Waals surface area contributed by atoms with Gasteiger partial charge in [-0.05, 0) is 42.0 Å². The Morgan fingerprint density at radius 1 is 0.897 bits per heavy atom. The maximum absolute atomic E-state index is 13.4. The lowest BCUT2D eigenvalue weighted by Crippen LogP contribution is -2.46. The second kappa shape index (κ2) is 8.16. The van der Waals surface area contributed by atoms with E-state index >= 15 is 0 Å². The molecular weight excluding hydrogens is 360 g/mol. The zero-order valence-corrected chi connectivity index (χ0v) is 17.0. The molecule has 0 saturated heterocycles. The first kappa shape index (κ1) is 19.3. The first-order valence-electron chi connectivity index (χ1n) is 10.5. The van der Waals surface area contributed by atoms with Crippen LogP contribution in [-0.2, 0) is 0 Å². The van der Waals surface area contributed by atoms with Gasteiger partial charge in [-0.1, -0.05) is 57.4 Å². The van der Waals surface area contributed by atoms with E-state index in [1.54, 1.807) is 6.20 Å². The van der Waals surface area contributed by atoms with Crippen molar-refractivity contribution in [2.24, 2.45) is 0 Å². The molecule has 0 N–H and O–H groups in total. The van der Waals surface area contributed by atoms with Crippen molar-refractivity contribution in [1.29, 1.82) is 0 Å². The molecule has 2 amide bonds. The summed E-state index contributed by atoms with van der Waals surface area (Å²) in [6.45, 7) is 4.22. The Balaban J connectivity index is 1.82. The van der Waals surface area contributed by atoms with Crippen LogP contribution in [0.2, 0.25) is 0 Å². The van der Waals surface area contributed by atoms with Gasteiger partial charge in [0.2, 0.25) is 0 Å². The summed E-state index contributed by atoms with van der Waals surface area (Å²) in [6.07, 6.45) is 8.46. The second-order valence-corrected chi connectivity index (χ2v) is 7.67. The summed E-state index contributed by atoms with van der Waals surface area (Å²) in [6, 6.07) is 13.4. The summed E-state index contributed by atoms with van der Waals surface area (Å²) < 4.78 is 0. The molecule has 1 aliphatic heterocycles. The minimum absolute atomic E-state index is 0.0528. The molecule has 1 unspecified atom stereocenters. The molecule has 0 radical (unpaired) electrons. The van der Waals surface area contributed by atoms with Gasteiger partial charge < -0.3 is 0 Å². The first-order chi connectivity index (χ1) is 14.2. The minimum Gasteiger partial charge on any atom is -0.271 e. The van der Waals surface area contributed by atoms with Gasteiger partial charge in [0.25, 0.3) is 11.8 Å². The quantitative estimate of drug-likeness (QED) is 0.378. The van der Waals surface area contributed by atoms with Gasteiger partial charge in [-0.25, -0.2) is 0 Å². The van der Waals surface area contributed by atoms with E-state index in [0.29, 0.717) is 11.1 Å². The standard InChI is InChI=1S/C25H26N2O2/c1-3-5-6-10-18(4-2)27-24(28)21-12-7-11-20-19(17-9-8-15-26-16-17)13-14-22(23(20)21)25(27)29/h7-9,11-16,18H,3-6,10H2,1-2H3. The van der Waals surface area contributed by atoms with Gasteiger partial charge in [-0.2, -0.15) is 0 Å². The lowest BCUT2D eigenvalue weighted by Gasteiger charge is -2.34. The molecule has 1 aromatic heterocycles. The second-order valence-electron chi connectivity index (χ2n) is 7.67. The summed E-state index contributed by atoms with van der Waals surface area (Å²) in [5.74, 6) is -0.334. The molecule has 1 aliphatic rings. The Bertz CT molecular complexity index is 1040. The van der Waals surface area contributed by atoms with E-state index in [2.05, 4.69) is 18.8 Å². The van der Waals surface area contributed by atoms with Crippen molar-refractivity contribution in [3.8, 4) is 11.1 Å². The SMILES string of the molecule is CCCCCC(CC)N1C(=O)c2cccc3c(-c4cccnc4)ccc(c23)C1=O. The molecule has 0 bridgehead atoms. The summed E-state index contributed by atoms with van der Waals surface area (Å²) in [5.41, 5.74) is 3.21. The van der Waals surface area contributed by atoms with Crippen molar-refractivity contribution < 1.29 is 9.59 Å². The zero-order chi connectivity index (χ0) is 20.4. The van der Waals surface area contributed by atoms with E-state index in [1.165, 1.54) is 4.90 Å². The van der Waals surface area contributed by atoms with E-state index in [0.717, 1.165) is 54.0 Å². The van der Waals surface area contributed by atoms with Crippen LogP contribution in [0.1, 0.15) is 66.7 Å². The molecule has 0 saturated carbocycles. The largest absolute Gasteiger partial charge is 0.271 e. The number of carbonyl (C=O) groups is 2. The third-order valence-electron chi connectivity index (χ3n) is 5.89. The number of carbonyl (C=O) groups excluding carboxylic acids is 2. The van der Waals surface area contributed by atoms with Crippen LogP contribution in [0.4, 0.5) is 0 Å². The number of imide groups is 1. The summed E-state index contributed by atoms with van der Waals surface area (Å²) in [5, 5.41) is 1.69. The van der Waals surface area contributed by atoms with Crippen molar-refractivity contribution in [1.82, 2.24) is 9.88 Å². The predicted molar refractivity (Wildman–Crippen MR) is 116 cm³/mol. The molecule has 4 heteroatoms. The maximum atomic E-state index is 13.4. The maximum Gasteiger partial charge on any atom is 0.261 e. The predicted octanol–water partition coefficient (Wildman–Crippen LogP) is 5.86. The highest BCUT2D eigenvalue weighted by Gasteiger charge is 2.36. The molecule has 3 aromatic rings. The number of aromatic nitrogens is 1. The van der Waals surface area contributed by atoms with Gasteiger partial charge in [-0.3, -0.25) is 19.5 Å². The zero-order valence-electron chi connectivity index (χ0n) is 17.0. The molecule has 0 spiro atoms. The third-order valence-corrected chi connectivity index (χ3v) is 5.89. The Morgan fingerprint density at radius 3 is 2.34 bits per heavy atom. The van der Waals surface area contributed by atoms with Crippen molar-refractivity contribution in [2.45, 2.75) is 52.0 Å². The van der Waals surface area contributed by atoms with Crippen LogP contribution in [0.3, 0.4) is 0 Å². The highest BCUT2D eigenvalue weighted by Crippen LogP contribution is 2.37. The van der Waals surface area contributed by atoms with E-state index in [4.69, 9.17) is 0 Å². The van der Waals surface area contributed by atoms with Crippen LogP contribution in [0.5, 0.6) is 0 Å². The number of hydrogen-bond donors (Lipinski definition) is 0. The number of hydrogen-bond acceptors (Lipinski definition) is 3. The molecule has 1 atom stereocenters. The molecule has 4 nitrogen and oxygen atoms in total. The minimum atomic E-state index is -0.167. The Labute approximate surface area is 171 Å². The molecule has 0 aliphatic carbocycles. The van der Waals surface area contributed by atoms with Crippen LogP contribution in [0.25, 0.3) is 21.9 Å². The summed E-state index contributed by atoms with van der Waals surface area (Å²) in [4.78, 5) is 32.5. The van der Waals surface area contributed by atoms with Crippen LogP contribution in [-0.4, -0.2) is 27.7 Å². The number of benzene rings is 2. The molecule has 4 rings (SSSR count). The van der Waals surface area contributed by atoms with E-state index < -0.39 is 0 Å². The van der Waals surface area contributed by atoms with Gasteiger partial charge in [0.15, 0.2) is 0 Å². The lowest BCUT2D eigenvalue weighted by molar-refractivity contribution is 0.0524. The van der Waals surface area contributed by atoms with Crippen LogP contribution in [0, 0.1) is 0 Å². The number of nitrogens with zero attached hydrogens (tertiary/aromatic N) is 2. The Kier molecular flexibility index (Phi) is 5.43. The molecule has 0 fully saturated rings. The molecule has 29 heavy (non-hydrogen) atoms.